The van der Waals surface area contributed by atoms with Gasteiger partial charge in [-0.15, -0.1) is 0 Å². The lowest BCUT2D eigenvalue weighted by atomic mass is 10.0. The number of carbonyl (C=O) groups excluding carboxylic acids is 2. The summed E-state index contributed by atoms with van der Waals surface area (Å²) in [6.07, 6.45) is 3.75. The fourth-order valence-corrected chi connectivity index (χ4v) is 1.89. The summed E-state index contributed by atoms with van der Waals surface area (Å²) in [5, 5.41) is 5.28. The predicted molar refractivity (Wildman–Crippen MR) is 55.4 cm³/mol. The molecule has 0 atom stereocenters. The highest BCUT2D eigenvalue weighted by molar-refractivity contribution is 5.82. The first-order chi connectivity index (χ1) is 7.06. The summed E-state index contributed by atoms with van der Waals surface area (Å²) in [5.41, 5.74) is -0.0884. The monoisotopic (exact) mass is 214 g/mol. The van der Waals surface area contributed by atoms with E-state index in [4.69, 9.17) is 0 Å². The van der Waals surface area contributed by atoms with Crippen LogP contribution in [0.1, 0.15) is 32.6 Å². The Morgan fingerprint density at radius 1 is 1.33 bits per heavy atom. The molecule has 1 aliphatic rings. The molecular weight excluding hydrogens is 196 g/mol. The molecule has 1 aliphatic carbocycles. The van der Waals surface area contributed by atoms with Crippen molar-refractivity contribution in [1.82, 2.24) is 10.6 Å². The Labute approximate surface area is 89.6 Å². The number of nitrogens with one attached hydrogen (secondary N) is 2. The minimum absolute atomic E-state index is 0.0255. The molecule has 5 heteroatoms. The molecule has 0 saturated heterocycles. The molecule has 0 unspecified atom stereocenters. The zero-order valence-electron chi connectivity index (χ0n) is 9.26. The van der Waals surface area contributed by atoms with Crippen molar-refractivity contribution in [3.63, 3.8) is 0 Å². The average Bonchev–Trinajstić information content (AvgIpc) is 2.61. The topological polar surface area (TPSA) is 67.4 Å². The highest BCUT2D eigenvalue weighted by atomic mass is 16.5. The standard InChI is InChI=1S/C10H18N2O3/c1-10(5-3-4-6-10)12-8(13)7-11-9(14)15-2/h3-7H2,1-2H3,(H,11,14)(H,12,13). The number of hydrogen-bond acceptors (Lipinski definition) is 3. The van der Waals surface area contributed by atoms with Crippen molar-refractivity contribution in [3.05, 3.63) is 0 Å². The molecule has 0 aromatic carbocycles. The predicted octanol–water partition coefficient (Wildman–Crippen LogP) is 0.791. The molecule has 0 spiro atoms. The third-order valence-corrected chi connectivity index (χ3v) is 2.73. The molecule has 86 valence electrons. The number of methoxy groups -OCH3 is 1. The van der Waals surface area contributed by atoms with Gasteiger partial charge in [0.05, 0.1) is 7.11 Å². The van der Waals surface area contributed by atoms with Crippen LogP contribution in [0.3, 0.4) is 0 Å². The smallest absolute Gasteiger partial charge is 0.407 e. The normalized spacial score (nSPS) is 18.3. The Balaban J connectivity index is 2.26. The van der Waals surface area contributed by atoms with Crippen molar-refractivity contribution in [2.75, 3.05) is 13.7 Å². The molecule has 1 fully saturated rings. The van der Waals surface area contributed by atoms with Crippen molar-refractivity contribution in [3.8, 4) is 0 Å². The first-order valence-electron chi connectivity index (χ1n) is 5.18. The molecule has 2 N–H and O–H groups in total. The van der Waals surface area contributed by atoms with Crippen LogP contribution in [-0.4, -0.2) is 31.2 Å². The lowest BCUT2D eigenvalue weighted by molar-refractivity contribution is -0.121. The van der Waals surface area contributed by atoms with Gasteiger partial charge in [-0.2, -0.15) is 0 Å². The van der Waals surface area contributed by atoms with E-state index in [1.807, 2.05) is 6.92 Å². The highest BCUT2D eigenvalue weighted by Crippen LogP contribution is 2.28. The van der Waals surface area contributed by atoms with Gasteiger partial charge in [0.2, 0.25) is 5.91 Å². The van der Waals surface area contributed by atoms with Crippen molar-refractivity contribution in [2.45, 2.75) is 38.1 Å². The van der Waals surface area contributed by atoms with Crippen LogP contribution in [0.25, 0.3) is 0 Å². The van der Waals surface area contributed by atoms with Gasteiger partial charge in [-0.1, -0.05) is 12.8 Å². The summed E-state index contributed by atoms with van der Waals surface area (Å²) in [7, 11) is 1.27. The van der Waals surface area contributed by atoms with E-state index < -0.39 is 6.09 Å². The molecule has 1 saturated carbocycles. The Morgan fingerprint density at radius 3 is 2.47 bits per heavy atom. The zero-order valence-corrected chi connectivity index (χ0v) is 9.26. The number of ether oxygens (including phenoxy) is 1. The van der Waals surface area contributed by atoms with Gasteiger partial charge in [-0.05, 0) is 19.8 Å². The number of hydrogen-bond donors (Lipinski definition) is 2. The van der Waals surface area contributed by atoms with Gasteiger partial charge in [0.15, 0.2) is 0 Å². The fourth-order valence-electron chi connectivity index (χ4n) is 1.89. The maximum Gasteiger partial charge on any atom is 0.407 e. The molecule has 0 radical (unpaired) electrons. The SMILES string of the molecule is COC(=O)NCC(=O)NC1(C)CCCC1. The minimum atomic E-state index is -0.582. The second-order valence-corrected chi connectivity index (χ2v) is 4.16. The van der Waals surface area contributed by atoms with Crippen molar-refractivity contribution in [1.29, 1.82) is 0 Å². The van der Waals surface area contributed by atoms with E-state index in [0.29, 0.717) is 0 Å². The minimum Gasteiger partial charge on any atom is -0.453 e. The molecule has 0 aromatic heterocycles. The van der Waals surface area contributed by atoms with Crippen LogP contribution in [0, 0.1) is 0 Å². The summed E-state index contributed by atoms with van der Waals surface area (Å²) in [6.45, 7) is 2.01. The van der Waals surface area contributed by atoms with E-state index >= 15 is 0 Å². The summed E-state index contributed by atoms with van der Waals surface area (Å²) in [4.78, 5) is 22.2. The van der Waals surface area contributed by atoms with E-state index in [1.54, 1.807) is 0 Å². The van der Waals surface area contributed by atoms with E-state index in [-0.39, 0.29) is 18.0 Å². The highest BCUT2D eigenvalue weighted by Gasteiger charge is 2.29. The van der Waals surface area contributed by atoms with Crippen LogP contribution in [0.4, 0.5) is 4.79 Å². The van der Waals surface area contributed by atoms with Crippen LogP contribution in [0.2, 0.25) is 0 Å². The second-order valence-electron chi connectivity index (χ2n) is 4.16. The number of alkyl carbamates (subject to hydrolysis) is 1. The summed E-state index contributed by atoms with van der Waals surface area (Å²) in [5.74, 6) is -0.162. The van der Waals surface area contributed by atoms with Gasteiger partial charge in [0.25, 0.3) is 0 Å². The average molecular weight is 214 g/mol. The maximum atomic E-state index is 11.4. The van der Waals surface area contributed by atoms with Crippen molar-refractivity contribution < 1.29 is 14.3 Å². The van der Waals surface area contributed by atoms with E-state index in [1.165, 1.54) is 7.11 Å². The van der Waals surface area contributed by atoms with Crippen LogP contribution < -0.4 is 10.6 Å². The van der Waals surface area contributed by atoms with Gasteiger partial charge in [0.1, 0.15) is 6.54 Å². The Kier molecular flexibility index (Phi) is 3.94. The van der Waals surface area contributed by atoms with Crippen LogP contribution in [-0.2, 0) is 9.53 Å². The van der Waals surface area contributed by atoms with Crippen LogP contribution >= 0.6 is 0 Å². The lowest BCUT2D eigenvalue weighted by Crippen LogP contribution is -2.47. The van der Waals surface area contributed by atoms with Crippen molar-refractivity contribution >= 4 is 12.0 Å². The Hall–Kier alpha value is -1.26. The van der Waals surface area contributed by atoms with E-state index in [9.17, 15) is 9.59 Å². The van der Waals surface area contributed by atoms with Gasteiger partial charge in [-0.25, -0.2) is 4.79 Å². The van der Waals surface area contributed by atoms with Gasteiger partial charge in [-0.3, -0.25) is 4.79 Å². The number of rotatable bonds is 3. The molecule has 0 bridgehead atoms. The molecule has 2 amide bonds. The van der Waals surface area contributed by atoms with E-state index in [0.717, 1.165) is 25.7 Å². The molecule has 0 aliphatic heterocycles. The zero-order chi connectivity index (χ0) is 11.3. The van der Waals surface area contributed by atoms with Gasteiger partial charge in [0, 0.05) is 5.54 Å². The first-order valence-corrected chi connectivity index (χ1v) is 5.18. The van der Waals surface area contributed by atoms with Gasteiger partial charge >= 0.3 is 6.09 Å². The number of amides is 2. The summed E-state index contributed by atoms with van der Waals surface area (Å²) >= 11 is 0. The van der Waals surface area contributed by atoms with Crippen molar-refractivity contribution in [2.24, 2.45) is 0 Å². The quantitative estimate of drug-likeness (QED) is 0.730. The lowest BCUT2D eigenvalue weighted by Gasteiger charge is -2.25. The third kappa shape index (κ3) is 3.77. The second kappa shape index (κ2) is 5.00. The Morgan fingerprint density at radius 2 is 1.93 bits per heavy atom. The summed E-state index contributed by atoms with van der Waals surface area (Å²) in [6, 6.07) is 0. The summed E-state index contributed by atoms with van der Waals surface area (Å²) < 4.78 is 4.37. The fraction of sp³-hybridized carbons (Fsp3) is 0.800. The molecule has 5 nitrogen and oxygen atoms in total. The third-order valence-electron chi connectivity index (χ3n) is 2.73. The van der Waals surface area contributed by atoms with Crippen LogP contribution in [0.15, 0.2) is 0 Å². The maximum absolute atomic E-state index is 11.4. The number of carbonyl (C=O) groups is 2. The molecule has 0 aromatic rings. The molecular formula is C10H18N2O3. The van der Waals surface area contributed by atoms with Crippen LogP contribution in [0.5, 0.6) is 0 Å². The first kappa shape index (κ1) is 11.8. The molecule has 1 rings (SSSR count). The largest absolute Gasteiger partial charge is 0.453 e. The molecule has 0 heterocycles. The molecule has 15 heavy (non-hydrogen) atoms. The van der Waals surface area contributed by atoms with E-state index in [2.05, 4.69) is 15.4 Å². The Bertz CT molecular complexity index is 247. The van der Waals surface area contributed by atoms with Gasteiger partial charge < -0.3 is 15.4 Å².